The molecular weight excluding hydrogens is 408 g/mol. The smallest absolute Gasteiger partial charge is 0.323 e. The maximum absolute atomic E-state index is 11.3. The average Bonchev–Trinajstić information content (AvgIpc) is 3.30. The van der Waals surface area contributed by atoms with E-state index in [-0.39, 0.29) is 13.2 Å². The molecule has 2 N–H and O–H groups in total. The van der Waals surface area contributed by atoms with Crippen molar-refractivity contribution in [3.05, 3.63) is 48.5 Å². The minimum atomic E-state index is -0.957. The maximum atomic E-state index is 11.3. The summed E-state index contributed by atoms with van der Waals surface area (Å²) in [5.74, 6) is 1.21. The maximum Gasteiger partial charge on any atom is 0.323 e. The zero-order valence-electron chi connectivity index (χ0n) is 16.1. The Balaban J connectivity index is 1.46. The molecule has 0 aliphatic carbocycles. The zero-order valence-corrected chi connectivity index (χ0v) is 17.0. The van der Waals surface area contributed by atoms with Crippen molar-refractivity contribution in [2.45, 2.75) is 17.8 Å². The molecule has 4 rings (SSSR count). The molecule has 2 aromatic carbocycles. The Hall–Kier alpha value is -3.24. The van der Waals surface area contributed by atoms with E-state index in [4.69, 9.17) is 9.47 Å². The number of para-hydroxylation sites is 2. The molecule has 156 valence electrons. The van der Waals surface area contributed by atoms with Gasteiger partial charge in [-0.1, -0.05) is 23.9 Å². The molecule has 0 radical (unpaired) electrons. The summed E-state index contributed by atoms with van der Waals surface area (Å²) in [7, 11) is 1.59. The molecule has 0 saturated heterocycles. The zero-order chi connectivity index (χ0) is 21.1. The summed E-state index contributed by atoms with van der Waals surface area (Å²) in [4.78, 5) is 11.3. The Morgan fingerprint density at radius 3 is 2.50 bits per heavy atom. The lowest BCUT2D eigenvalue weighted by molar-refractivity contribution is -0.137. The van der Waals surface area contributed by atoms with Crippen LogP contribution in [-0.2, 0) is 11.3 Å². The van der Waals surface area contributed by atoms with Gasteiger partial charge in [0.2, 0.25) is 5.78 Å². The second-order valence-electron chi connectivity index (χ2n) is 6.54. The number of rotatable bonds is 9. The molecule has 0 saturated carbocycles. The van der Waals surface area contributed by atoms with Crippen LogP contribution in [0.4, 0.5) is 0 Å². The first kappa shape index (κ1) is 20.0. The van der Waals surface area contributed by atoms with Crippen LogP contribution in [0.3, 0.4) is 0 Å². The summed E-state index contributed by atoms with van der Waals surface area (Å²) in [6, 6.07) is 14.6. The highest BCUT2D eigenvalue weighted by atomic mass is 32.2. The van der Waals surface area contributed by atoms with Crippen LogP contribution >= 0.6 is 11.8 Å². The third kappa shape index (κ3) is 4.05. The number of aliphatic hydroxyl groups excluding tert-OH is 1. The molecule has 0 amide bonds. The van der Waals surface area contributed by atoms with Crippen molar-refractivity contribution < 1.29 is 24.5 Å². The lowest BCUT2D eigenvalue weighted by atomic mass is 10.3. The lowest BCUT2D eigenvalue weighted by Gasteiger charge is -2.11. The van der Waals surface area contributed by atoms with Gasteiger partial charge >= 0.3 is 5.97 Å². The Labute approximate surface area is 175 Å². The minimum absolute atomic E-state index is 0.127. The normalized spacial score (nSPS) is 12.3. The van der Waals surface area contributed by atoms with Crippen molar-refractivity contribution in [2.24, 2.45) is 0 Å². The van der Waals surface area contributed by atoms with Crippen LogP contribution in [0, 0.1) is 0 Å². The monoisotopic (exact) mass is 428 g/mol. The first-order chi connectivity index (χ1) is 14.6. The van der Waals surface area contributed by atoms with Gasteiger partial charge in [-0.3, -0.25) is 13.8 Å². The largest absolute Gasteiger partial charge is 0.497 e. The summed E-state index contributed by atoms with van der Waals surface area (Å²) < 4.78 is 14.1. The van der Waals surface area contributed by atoms with E-state index in [1.54, 1.807) is 40.3 Å². The highest BCUT2D eigenvalue weighted by molar-refractivity contribution is 7.99. The van der Waals surface area contributed by atoms with Gasteiger partial charge in [0.05, 0.1) is 24.2 Å². The molecule has 0 fully saturated rings. The van der Waals surface area contributed by atoms with E-state index < -0.39 is 12.1 Å². The molecule has 2 aromatic heterocycles. The summed E-state index contributed by atoms with van der Waals surface area (Å²) in [6.45, 7) is -0.0831. The van der Waals surface area contributed by atoms with Crippen molar-refractivity contribution >= 4 is 34.5 Å². The second kappa shape index (κ2) is 8.64. The van der Waals surface area contributed by atoms with E-state index in [9.17, 15) is 15.0 Å². The summed E-state index contributed by atoms with van der Waals surface area (Å²) >= 11 is 1.33. The van der Waals surface area contributed by atoms with Crippen molar-refractivity contribution in [1.29, 1.82) is 0 Å². The van der Waals surface area contributed by atoms with E-state index >= 15 is 0 Å². The molecule has 0 aliphatic heterocycles. The number of nitrogens with zero attached hydrogens (tertiary/aromatic N) is 4. The first-order valence-electron chi connectivity index (χ1n) is 9.18. The van der Waals surface area contributed by atoms with Crippen LogP contribution in [0.2, 0.25) is 0 Å². The molecular formula is C20H20N4O5S. The van der Waals surface area contributed by atoms with Gasteiger partial charge in [0.25, 0.3) is 0 Å². The van der Waals surface area contributed by atoms with E-state index in [0.29, 0.717) is 22.4 Å². The Morgan fingerprint density at radius 2 is 1.80 bits per heavy atom. The van der Waals surface area contributed by atoms with E-state index in [2.05, 4.69) is 10.2 Å². The van der Waals surface area contributed by atoms with Crippen LogP contribution in [0.25, 0.3) is 16.8 Å². The third-order valence-electron chi connectivity index (χ3n) is 4.47. The summed E-state index contributed by atoms with van der Waals surface area (Å²) in [5.41, 5.74) is 1.57. The Bertz CT molecular complexity index is 1170. The predicted molar refractivity (Wildman–Crippen MR) is 111 cm³/mol. The molecule has 9 nitrogen and oxygen atoms in total. The number of hydrogen-bond donors (Lipinski definition) is 2. The van der Waals surface area contributed by atoms with Crippen LogP contribution in [0.15, 0.2) is 53.7 Å². The molecule has 4 aromatic rings. The average molecular weight is 428 g/mol. The number of fused-ring (bicyclic) bond motifs is 3. The first-order valence-corrected chi connectivity index (χ1v) is 10.2. The number of carboxylic acid groups (broad SMARTS) is 1. The van der Waals surface area contributed by atoms with Crippen LogP contribution in [-0.4, -0.2) is 60.9 Å². The Morgan fingerprint density at radius 1 is 1.10 bits per heavy atom. The number of ether oxygens (including phenoxy) is 2. The molecule has 1 unspecified atom stereocenters. The fourth-order valence-corrected chi connectivity index (χ4v) is 3.95. The van der Waals surface area contributed by atoms with Gasteiger partial charge in [0.1, 0.15) is 24.7 Å². The van der Waals surface area contributed by atoms with Gasteiger partial charge in [0, 0.05) is 5.75 Å². The lowest BCUT2D eigenvalue weighted by Crippen LogP contribution is -2.20. The molecule has 1 atom stereocenters. The third-order valence-corrected chi connectivity index (χ3v) is 5.55. The van der Waals surface area contributed by atoms with E-state index in [1.165, 1.54) is 11.8 Å². The van der Waals surface area contributed by atoms with Crippen LogP contribution in [0.1, 0.15) is 0 Å². The number of aliphatic carboxylic acids is 1. The van der Waals surface area contributed by atoms with Gasteiger partial charge in [-0.15, -0.1) is 10.2 Å². The predicted octanol–water partition coefficient (Wildman–Crippen LogP) is 2.31. The molecule has 10 heteroatoms. The van der Waals surface area contributed by atoms with Gasteiger partial charge < -0.3 is 19.7 Å². The van der Waals surface area contributed by atoms with Gasteiger partial charge in [-0.2, -0.15) is 0 Å². The topological polar surface area (TPSA) is 111 Å². The van der Waals surface area contributed by atoms with Crippen molar-refractivity contribution in [2.75, 3.05) is 19.5 Å². The molecule has 2 heterocycles. The van der Waals surface area contributed by atoms with Gasteiger partial charge in [0.15, 0.2) is 5.16 Å². The number of carboxylic acids is 1. The molecule has 30 heavy (non-hydrogen) atoms. The van der Waals surface area contributed by atoms with Crippen molar-refractivity contribution in [3.63, 3.8) is 0 Å². The summed E-state index contributed by atoms with van der Waals surface area (Å²) in [5, 5.41) is 28.5. The number of aliphatic hydroxyl groups is 1. The number of benzene rings is 2. The number of carbonyl (C=O) groups is 1. The van der Waals surface area contributed by atoms with Crippen molar-refractivity contribution in [3.8, 4) is 11.5 Å². The van der Waals surface area contributed by atoms with E-state index in [0.717, 1.165) is 16.8 Å². The fourth-order valence-electron chi connectivity index (χ4n) is 3.10. The number of thioether (sulfide) groups is 1. The fraction of sp³-hybridized carbons (Fsp3) is 0.250. The number of methoxy groups -OCH3 is 1. The minimum Gasteiger partial charge on any atom is -0.497 e. The molecule has 0 aliphatic rings. The number of hydrogen-bond acceptors (Lipinski definition) is 7. The second-order valence-corrected chi connectivity index (χ2v) is 7.53. The SMILES string of the molecule is COc1ccc(OCC(O)CSc2nnc3n(CC(=O)O)c4ccccc4n23)cc1. The summed E-state index contributed by atoms with van der Waals surface area (Å²) in [6.07, 6.45) is -0.725. The molecule has 0 bridgehead atoms. The number of imidazole rings is 1. The van der Waals surface area contributed by atoms with E-state index in [1.807, 2.05) is 24.3 Å². The Kier molecular flexibility index (Phi) is 5.77. The quantitative estimate of drug-likeness (QED) is 0.391. The van der Waals surface area contributed by atoms with Crippen LogP contribution in [0.5, 0.6) is 11.5 Å². The van der Waals surface area contributed by atoms with Gasteiger partial charge in [-0.05, 0) is 36.4 Å². The molecule has 0 spiro atoms. The standard InChI is InChI=1S/C20H20N4O5S/c1-28-14-6-8-15(9-7-14)29-11-13(25)12-30-20-22-21-19-23(10-18(26)27)16-4-2-3-5-17(16)24(19)20/h2-9,13,25H,10-12H2,1H3,(H,26,27). The highest BCUT2D eigenvalue weighted by Gasteiger charge is 2.19. The highest BCUT2D eigenvalue weighted by Crippen LogP contribution is 2.26. The van der Waals surface area contributed by atoms with Crippen LogP contribution < -0.4 is 9.47 Å². The van der Waals surface area contributed by atoms with Gasteiger partial charge in [-0.25, -0.2) is 0 Å². The number of aromatic nitrogens is 4. The van der Waals surface area contributed by atoms with Crippen molar-refractivity contribution in [1.82, 2.24) is 19.2 Å².